The van der Waals surface area contributed by atoms with Gasteiger partial charge in [0.25, 0.3) is 0 Å². The molecule has 2 N–H and O–H groups in total. The monoisotopic (exact) mass is 294 g/mol. The van der Waals surface area contributed by atoms with Crippen LogP contribution in [-0.4, -0.2) is 35.1 Å². The van der Waals surface area contributed by atoms with Crippen LogP contribution in [0.5, 0.6) is 0 Å². The molecule has 6 nitrogen and oxygen atoms in total. The second kappa shape index (κ2) is 8.02. The van der Waals surface area contributed by atoms with Crippen molar-refractivity contribution in [3.63, 3.8) is 0 Å². The maximum absolute atomic E-state index is 11.8. The minimum Gasteiger partial charge on any atom is -0.378 e. The van der Waals surface area contributed by atoms with Crippen LogP contribution in [-0.2, 0) is 4.74 Å². The van der Waals surface area contributed by atoms with Crippen molar-refractivity contribution in [2.24, 2.45) is 0 Å². The molecule has 0 aliphatic carbocycles. The van der Waals surface area contributed by atoms with E-state index >= 15 is 0 Å². The molecule has 1 fully saturated rings. The van der Waals surface area contributed by atoms with E-state index < -0.39 is 0 Å². The Morgan fingerprint density at radius 2 is 2.38 bits per heavy atom. The van der Waals surface area contributed by atoms with E-state index in [0.29, 0.717) is 18.7 Å². The van der Waals surface area contributed by atoms with Gasteiger partial charge in [-0.25, -0.2) is 4.79 Å². The molecular weight excluding hydrogens is 268 g/mol. The molecular formula is C15H26N4O2. The van der Waals surface area contributed by atoms with Gasteiger partial charge in [-0.05, 0) is 46.0 Å². The topological polar surface area (TPSA) is 68.2 Å². The zero-order valence-electron chi connectivity index (χ0n) is 13.0. The standard InChI is InChI=1S/C15H26N4O2/c1-12(2)19-11-13(10-17-19)18-15(20)16-8-5-7-14-6-3-4-9-21-14/h10-12,14H,3-9H2,1-2H3,(H2,16,18,20)/t14-/m1/s1. The normalized spacial score (nSPS) is 18.7. The lowest BCUT2D eigenvalue weighted by Gasteiger charge is -2.22. The Kier molecular flexibility index (Phi) is 6.04. The first kappa shape index (κ1) is 15.8. The van der Waals surface area contributed by atoms with Gasteiger partial charge in [-0.1, -0.05) is 0 Å². The van der Waals surface area contributed by atoms with Crippen LogP contribution in [0.15, 0.2) is 12.4 Å². The number of ether oxygens (including phenoxy) is 1. The minimum atomic E-state index is -0.178. The van der Waals surface area contributed by atoms with E-state index in [2.05, 4.69) is 15.7 Å². The van der Waals surface area contributed by atoms with E-state index in [0.717, 1.165) is 31.6 Å². The highest BCUT2D eigenvalue weighted by Crippen LogP contribution is 2.16. The molecule has 21 heavy (non-hydrogen) atoms. The largest absolute Gasteiger partial charge is 0.378 e. The first-order valence-corrected chi connectivity index (χ1v) is 7.86. The second-order valence-corrected chi connectivity index (χ2v) is 5.81. The summed E-state index contributed by atoms with van der Waals surface area (Å²) < 4.78 is 7.48. The number of hydrogen-bond acceptors (Lipinski definition) is 3. The number of amides is 2. The second-order valence-electron chi connectivity index (χ2n) is 5.81. The molecule has 1 saturated heterocycles. The summed E-state index contributed by atoms with van der Waals surface area (Å²) in [6.45, 7) is 5.65. The van der Waals surface area contributed by atoms with Gasteiger partial charge in [0, 0.05) is 25.4 Å². The van der Waals surface area contributed by atoms with Crippen molar-refractivity contribution in [2.75, 3.05) is 18.5 Å². The third-order valence-electron chi connectivity index (χ3n) is 3.65. The highest BCUT2D eigenvalue weighted by molar-refractivity contribution is 5.88. The van der Waals surface area contributed by atoms with Crippen molar-refractivity contribution in [3.05, 3.63) is 12.4 Å². The van der Waals surface area contributed by atoms with Crippen molar-refractivity contribution in [1.82, 2.24) is 15.1 Å². The summed E-state index contributed by atoms with van der Waals surface area (Å²) in [5.41, 5.74) is 0.719. The van der Waals surface area contributed by atoms with Crippen LogP contribution < -0.4 is 10.6 Å². The molecule has 0 aromatic carbocycles. The maximum Gasteiger partial charge on any atom is 0.319 e. The zero-order valence-corrected chi connectivity index (χ0v) is 13.0. The van der Waals surface area contributed by atoms with E-state index in [1.54, 1.807) is 6.20 Å². The smallest absolute Gasteiger partial charge is 0.319 e. The van der Waals surface area contributed by atoms with E-state index in [1.165, 1.54) is 12.8 Å². The molecule has 0 bridgehead atoms. The summed E-state index contributed by atoms with van der Waals surface area (Å²) >= 11 is 0. The van der Waals surface area contributed by atoms with E-state index in [1.807, 2.05) is 24.7 Å². The van der Waals surface area contributed by atoms with Crippen LogP contribution in [0.4, 0.5) is 10.5 Å². The van der Waals surface area contributed by atoms with Crippen LogP contribution in [0.3, 0.4) is 0 Å². The summed E-state index contributed by atoms with van der Waals surface area (Å²) in [6.07, 6.45) is 9.44. The number of anilines is 1. The van der Waals surface area contributed by atoms with Crippen molar-refractivity contribution < 1.29 is 9.53 Å². The third kappa shape index (κ3) is 5.38. The Hall–Kier alpha value is -1.56. The summed E-state index contributed by atoms with van der Waals surface area (Å²) in [5, 5.41) is 9.84. The van der Waals surface area contributed by atoms with Gasteiger partial charge in [0.05, 0.1) is 18.0 Å². The average Bonchev–Trinajstić information content (AvgIpc) is 2.93. The van der Waals surface area contributed by atoms with E-state index in [-0.39, 0.29) is 6.03 Å². The predicted octanol–water partition coefficient (Wildman–Crippen LogP) is 2.93. The number of hydrogen-bond donors (Lipinski definition) is 2. The van der Waals surface area contributed by atoms with Crippen molar-refractivity contribution in [1.29, 1.82) is 0 Å². The number of aromatic nitrogens is 2. The first-order chi connectivity index (χ1) is 10.1. The lowest BCUT2D eigenvalue weighted by atomic mass is 10.0. The van der Waals surface area contributed by atoms with Crippen molar-refractivity contribution >= 4 is 11.7 Å². The summed E-state index contributed by atoms with van der Waals surface area (Å²) in [7, 11) is 0. The number of carbonyl (C=O) groups excluding carboxylic acids is 1. The molecule has 0 spiro atoms. The fourth-order valence-corrected chi connectivity index (χ4v) is 2.43. The van der Waals surface area contributed by atoms with Crippen LogP contribution >= 0.6 is 0 Å². The van der Waals surface area contributed by atoms with Gasteiger partial charge in [0.1, 0.15) is 0 Å². The Morgan fingerprint density at radius 3 is 3.05 bits per heavy atom. The minimum absolute atomic E-state index is 0.178. The van der Waals surface area contributed by atoms with Crippen LogP contribution in [0.2, 0.25) is 0 Å². The van der Waals surface area contributed by atoms with Crippen LogP contribution in [0.25, 0.3) is 0 Å². The number of rotatable bonds is 6. The lowest BCUT2D eigenvalue weighted by molar-refractivity contribution is 0.0103. The SMILES string of the molecule is CC(C)n1cc(NC(=O)NCCC[C@H]2CCCCO2)cn1. The third-order valence-corrected chi connectivity index (χ3v) is 3.65. The van der Waals surface area contributed by atoms with Gasteiger partial charge in [0.2, 0.25) is 0 Å². The van der Waals surface area contributed by atoms with Gasteiger partial charge >= 0.3 is 6.03 Å². The molecule has 0 unspecified atom stereocenters. The summed E-state index contributed by atoms with van der Waals surface area (Å²) in [5.74, 6) is 0. The van der Waals surface area contributed by atoms with Gasteiger partial charge in [-0.3, -0.25) is 4.68 Å². The molecule has 0 radical (unpaired) electrons. The number of nitrogens with one attached hydrogen (secondary N) is 2. The predicted molar refractivity (Wildman–Crippen MR) is 82.5 cm³/mol. The molecule has 1 aliphatic rings. The fourth-order valence-electron chi connectivity index (χ4n) is 2.43. The molecule has 6 heteroatoms. The fraction of sp³-hybridized carbons (Fsp3) is 0.733. The molecule has 1 aromatic heterocycles. The van der Waals surface area contributed by atoms with Gasteiger partial charge < -0.3 is 15.4 Å². The Morgan fingerprint density at radius 1 is 1.52 bits per heavy atom. The Bertz CT molecular complexity index is 439. The number of urea groups is 1. The molecule has 118 valence electrons. The van der Waals surface area contributed by atoms with E-state index in [9.17, 15) is 4.79 Å². The first-order valence-electron chi connectivity index (χ1n) is 7.86. The lowest BCUT2D eigenvalue weighted by Crippen LogP contribution is -2.30. The highest BCUT2D eigenvalue weighted by atomic mass is 16.5. The number of nitrogens with zero attached hydrogens (tertiary/aromatic N) is 2. The van der Waals surface area contributed by atoms with Gasteiger partial charge in [0.15, 0.2) is 0 Å². The summed E-state index contributed by atoms with van der Waals surface area (Å²) in [4.78, 5) is 11.8. The average molecular weight is 294 g/mol. The zero-order chi connectivity index (χ0) is 15.1. The van der Waals surface area contributed by atoms with Crippen molar-refractivity contribution in [3.8, 4) is 0 Å². The molecule has 2 heterocycles. The Balaban J connectivity index is 1.60. The van der Waals surface area contributed by atoms with Gasteiger partial charge in [-0.2, -0.15) is 5.10 Å². The Labute approximate surface area is 126 Å². The molecule has 1 aliphatic heterocycles. The van der Waals surface area contributed by atoms with E-state index in [4.69, 9.17) is 4.74 Å². The van der Waals surface area contributed by atoms with Gasteiger partial charge in [-0.15, -0.1) is 0 Å². The van der Waals surface area contributed by atoms with Crippen molar-refractivity contribution in [2.45, 2.75) is 58.1 Å². The van der Waals surface area contributed by atoms with Crippen LogP contribution in [0.1, 0.15) is 52.0 Å². The highest BCUT2D eigenvalue weighted by Gasteiger charge is 2.13. The molecule has 2 amide bonds. The quantitative estimate of drug-likeness (QED) is 0.793. The summed E-state index contributed by atoms with van der Waals surface area (Å²) in [6, 6.07) is 0.113. The maximum atomic E-state index is 11.8. The molecule has 1 atom stereocenters. The van der Waals surface area contributed by atoms with Crippen LogP contribution in [0, 0.1) is 0 Å². The molecule has 0 saturated carbocycles. The molecule has 2 rings (SSSR count). The molecule has 1 aromatic rings. The number of carbonyl (C=O) groups is 1.